The summed E-state index contributed by atoms with van der Waals surface area (Å²) in [6, 6.07) is 3.23. The molecular formula is C10H8F2N2O. The molecule has 0 saturated carbocycles. The summed E-state index contributed by atoms with van der Waals surface area (Å²) in [5.74, 6) is -1.63. The number of halogens is 2. The van der Waals surface area contributed by atoms with E-state index in [1.165, 1.54) is 12.3 Å². The number of rotatable bonds is 2. The average Bonchev–Trinajstić information content (AvgIpc) is 2.74. The normalized spacial score (nSPS) is 12.7. The van der Waals surface area contributed by atoms with Crippen LogP contribution in [-0.4, -0.2) is 15.1 Å². The first-order valence-corrected chi connectivity index (χ1v) is 4.31. The average molecular weight is 210 g/mol. The van der Waals surface area contributed by atoms with Gasteiger partial charge in [-0.1, -0.05) is 6.07 Å². The highest BCUT2D eigenvalue weighted by Crippen LogP contribution is 2.20. The summed E-state index contributed by atoms with van der Waals surface area (Å²) in [4.78, 5) is 6.52. The van der Waals surface area contributed by atoms with Crippen LogP contribution in [0.5, 0.6) is 0 Å². The van der Waals surface area contributed by atoms with Gasteiger partial charge in [0.15, 0.2) is 11.6 Å². The lowest BCUT2D eigenvalue weighted by Gasteiger charge is -2.07. The van der Waals surface area contributed by atoms with Crippen LogP contribution in [0.1, 0.15) is 17.5 Å². The van der Waals surface area contributed by atoms with Gasteiger partial charge in [-0.05, 0) is 17.7 Å². The minimum absolute atomic E-state index is 0.254. The van der Waals surface area contributed by atoms with Crippen molar-refractivity contribution in [1.29, 1.82) is 0 Å². The van der Waals surface area contributed by atoms with Gasteiger partial charge in [0, 0.05) is 12.4 Å². The molecule has 0 aliphatic carbocycles. The fourth-order valence-corrected chi connectivity index (χ4v) is 1.27. The molecule has 0 saturated heterocycles. The van der Waals surface area contributed by atoms with Gasteiger partial charge < -0.3 is 10.1 Å². The first-order chi connectivity index (χ1) is 7.18. The molecule has 2 rings (SSSR count). The van der Waals surface area contributed by atoms with Crippen molar-refractivity contribution in [1.82, 2.24) is 9.97 Å². The lowest BCUT2D eigenvalue weighted by Crippen LogP contribution is -2.02. The number of nitrogens with one attached hydrogen (secondary N) is 1. The van der Waals surface area contributed by atoms with Crippen molar-refractivity contribution in [3.8, 4) is 0 Å². The number of aromatic amines is 1. The standard InChI is InChI=1S/C10H8F2N2O/c11-7-2-1-6(5-8(7)12)9(15)10-13-3-4-14-10/h1-5,9,15H,(H,13,14). The Morgan fingerprint density at radius 1 is 1.27 bits per heavy atom. The summed E-state index contributed by atoms with van der Waals surface area (Å²) in [7, 11) is 0. The molecule has 0 amide bonds. The Labute approximate surface area is 84.4 Å². The molecular weight excluding hydrogens is 202 g/mol. The van der Waals surface area contributed by atoms with Crippen LogP contribution in [0.15, 0.2) is 30.6 Å². The zero-order valence-electron chi connectivity index (χ0n) is 7.61. The van der Waals surface area contributed by atoms with Crippen LogP contribution in [0.2, 0.25) is 0 Å². The van der Waals surface area contributed by atoms with E-state index in [0.29, 0.717) is 5.82 Å². The van der Waals surface area contributed by atoms with Crippen LogP contribution in [0, 0.1) is 11.6 Å². The Bertz CT molecular complexity index is 456. The molecule has 1 heterocycles. The van der Waals surface area contributed by atoms with Crippen molar-refractivity contribution < 1.29 is 13.9 Å². The second kappa shape index (κ2) is 3.78. The number of aliphatic hydroxyl groups excluding tert-OH is 1. The van der Waals surface area contributed by atoms with E-state index in [1.54, 1.807) is 6.20 Å². The summed E-state index contributed by atoms with van der Waals surface area (Å²) in [5.41, 5.74) is 0.254. The zero-order valence-corrected chi connectivity index (χ0v) is 7.61. The highest BCUT2D eigenvalue weighted by Gasteiger charge is 2.14. The number of hydrogen-bond acceptors (Lipinski definition) is 2. The molecule has 3 nitrogen and oxygen atoms in total. The molecule has 1 aromatic heterocycles. The third-order valence-corrected chi connectivity index (χ3v) is 2.04. The number of H-pyrrole nitrogens is 1. The Balaban J connectivity index is 2.34. The minimum atomic E-state index is -1.07. The maximum Gasteiger partial charge on any atom is 0.159 e. The third-order valence-electron chi connectivity index (χ3n) is 2.04. The zero-order chi connectivity index (χ0) is 10.8. The minimum Gasteiger partial charge on any atom is -0.380 e. The predicted molar refractivity (Wildman–Crippen MR) is 49.0 cm³/mol. The Hall–Kier alpha value is -1.75. The van der Waals surface area contributed by atoms with Crippen LogP contribution < -0.4 is 0 Å². The van der Waals surface area contributed by atoms with Crippen LogP contribution in [-0.2, 0) is 0 Å². The number of nitrogens with zero attached hydrogens (tertiary/aromatic N) is 1. The predicted octanol–water partition coefficient (Wildman–Crippen LogP) is 1.77. The fraction of sp³-hybridized carbons (Fsp3) is 0.100. The SMILES string of the molecule is OC(c1ccc(F)c(F)c1)c1ncc[nH]1. The molecule has 2 aromatic rings. The molecule has 0 aliphatic rings. The molecule has 1 atom stereocenters. The summed E-state index contributed by atoms with van der Waals surface area (Å²) < 4.78 is 25.5. The lowest BCUT2D eigenvalue weighted by molar-refractivity contribution is 0.210. The largest absolute Gasteiger partial charge is 0.380 e. The number of aliphatic hydroxyl groups is 1. The molecule has 78 valence electrons. The Morgan fingerprint density at radius 3 is 2.67 bits per heavy atom. The molecule has 5 heteroatoms. The van der Waals surface area contributed by atoms with Crippen molar-refractivity contribution in [2.45, 2.75) is 6.10 Å². The monoisotopic (exact) mass is 210 g/mol. The first kappa shape index (κ1) is 9.79. The third kappa shape index (κ3) is 1.87. The topological polar surface area (TPSA) is 48.9 Å². The van der Waals surface area contributed by atoms with Gasteiger partial charge in [0.05, 0.1) is 0 Å². The number of imidazole rings is 1. The second-order valence-electron chi connectivity index (χ2n) is 3.05. The molecule has 1 aromatic carbocycles. The smallest absolute Gasteiger partial charge is 0.159 e. The molecule has 15 heavy (non-hydrogen) atoms. The van der Waals surface area contributed by atoms with Crippen LogP contribution >= 0.6 is 0 Å². The van der Waals surface area contributed by atoms with Gasteiger partial charge in [0.2, 0.25) is 0 Å². The van der Waals surface area contributed by atoms with E-state index in [1.807, 2.05) is 0 Å². The molecule has 1 unspecified atom stereocenters. The summed E-state index contributed by atoms with van der Waals surface area (Å²) in [6.45, 7) is 0. The molecule has 0 aliphatic heterocycles. The quantitative estimate of drug-likeness (QED) is 0.793. The van der Waals surface area contributed by atoms with E-state index in [4.69, 9.17) is 0 Å². The second-order valence-corrected chi connectivity index (χ2v) is 3.05. The van der Waals surface area contributed by atoms with Gasteiger partial charge >= 0.3 is 0 Å². The van der Waals surface area contributed by atoms with Crippen LogP contribution in [0.4, 0.5) is 8.78 Å². The van der Waals surface area contributed by atoms with Crippen molar-refractivity contribution in [2.75, 3.05) is 0 Å². The molecule has 2 N–H and O–H groups in total. The van der Waals surface area contributed by atoms with E-state index in [9.17, 15) is 13.9 Å². The van der Waals surface area contributed by atoms with Crippen molar-refractivity contribution in [2.24, 2.45) is 0 Å². The van der Waals surface area contributed by atoms with E-state index >= 15 is 0 Å². The summed E-state index contributed by atoms with van der Waals surface area (Å²) in [6.07, 6.45) is 1.94. The Kier molecular flexibility index (Phi) is 2.47. The van der Waals surface area contributed by atoms with Gasteiger partial charge in [-0.2, -0.15) is 0 Å². The number of aromatic nitrogens is 2. The summed E-state index contributed by atoms with van der Waals surface area (Å²) >= 11 is 0. The molecule has 0 fully saturated rings. The maximum absolute atomic E-state index is 12.9. The van der Waals surface area contributed by atoms with Crippen molar-refractivity contribution >= 4 is 0 Å². The van der Waals surface area contributed by atoms with E-state index in [0.717, 1.165) is 12.1 Å². The highest BCUT2D eigenvalue weighted by atomic mass is 19.2. The van der Waals surface area contributed by atoms with Gasteiger partial charge in [0.25, 0.3) is 0 Å². The number of benzene rings is 1. The Morgan fingerprint density at radius 2 is 2.07 bits per heavy atom. The highest BCUT2D eigenvalue weighted by molar-refractivity contribution is 5.24. The number of hydrogen-bond donors (Lipinski definition) is 2. The van der Waals surface area contributed by atoms with Crippen molar-refractivity contribution in [3.05, 3.63) is 53.6 Å². The van der Waals surface area contributed by atoms with Crippen LogP contribution in [0.25, 0.3) is 0 Å². The van der Waals surface area contributed by atoms with Crippen LogP contribution in [0.3, 0.4) is 0 Å². The molecule has 0 spiro atoms. The maximum atomic E-state index is 12.9. The van der Waals surface area contributed by atoms with Gasteiger partial charge in [0.1, 0.15) is 11.9 Å². The molecule has 0 bridgehead atoms. The molecule has 0 radical (unpaired) electrons. The van der Waals surface area contributed by atoms with E-state index in [-0.39, 0.29) is 5.56 Å². The lowest BCUT2D eigenvalue weighted by atomic mass is 10.1. The van der Waals surface area contributed by atoms with E-state index in [2.05, 4.69) is 9.97 Å². The first-order valence-electron chi connectivity index (χ1n) is 4.31. The fourth-order valence-electron chi connectivity index (χ4n) is 1.27. The van der Waals surface area contributed by atoms with Gasteiger partial charge in [-0.3, -0.25) is 0 Å². The van der Waals surface area contributed by atoms with E-state index < -0.39 is 17.7 Å². The summed E-state index contributed by atoms with van der Waals surface area (Å²) in [5, 5.41) is 9.71. The van der Waals surface area contributed by atoms with Gasteiger partial charge in [-0.25, -0.2) is 13.8 Å². The van der Waals surface area contributed by atoms with Gasteiger partial charge in [-0.15, -0.1) is 0 Å². The van der Waals surface area contributed by atoms with Crippen molar-refractivity contribution in [3.63, 3.8) is 0 Å².